The lowest BCUT2D eigenvalue weighted by molar-refractivity contribution is 0.414. The van der Waals surface area contributed by atoms with Gasteiger partial charge in [0.25, 0.3) is 0 Å². The van der Waals surface area contributed by atoms with Crippen molar-refractivity contribution < 1.29 is 13.2 Å². The predicted molar refractivity (Wildman–Crippen MR) is 95.2 cm³/mol. The third-order valence-corrected chi connectivity index (χ3v) is 5.00. The molecule has 5 nitrogen and oxygen atoms in total. The van der Waals surface area contributed by atoms with Gasteiger partial charge in [0.1, 0.15) is 29.5 Å². The molecule has 0 bridgehead atoms. The molecular formula is C18H19N2O3S+. The van der Waals surface area contributed by atoms with Crippen LogP contribution in [-0.2, 0) is 10.0 Å². The Balaban J connectivity index is 2.12. The number of nitrogens with two attached hydrogens (primary N) is 1. The summed E-state index contributed by atoms with van der Waals surface area (Å²) >= 11 is 0. The SMILES string of the molecule is COc1ccc([N+]2(c3ccc(S(N)(=O)=O)cc3)C=CC(C)=C2)cc1. The fraction of sp³-hybridized carbons (Fsp3) is 0.111. The first-order chi connectivity index (χ1) is 11.3. The second-order valence-corrected chi connectivity index (χ2v) is 7.26. The van der Waals surface area contributed by atoms with Gasteiger partial charge in [0, 0.05) is 35.9 Å². The van der Waals surface area contributed by atoms with Gasteiger partial charge in [0.05, 0.1) is 12.0 Å². The van der Waals surface area contributed by atoms with E-state index >= 15 is 0 Å². The van der Waals surface area contributed by atoms with Gasteiger partial charge in [-0.2, -0.15) is 0 Å². The predicted octanol–water partition coefficient (Wildman–Crippen LogP) is 3.41. The van der Waals surface area contributed by atoms with Gasteiger partial charge in [-0.3, -0.25) is 0 Å². The Labute approximate surface area is 141 Å². The van der Waals surface area contributed by atoms with E-state index in [1.165, 1.54) is 12.1 Å². The molecule has 6 heteroatoms. The molecule has 2 aromatic carbocycles. The monoisotopic (exact) mass is 343 g/mol. The van der Waals surface area contributed by atoms with E-state index in [1.54, 1.807) is 19.2 Å². The van der Waals surface area contributed by atoms with E-state index in [0.29, 0.717) is 4.48 Å². The molecule has 0 radical (unpaired) electrons. The van der Waals surface area contributed by atoms with Gasteiger partial charge in [-0.25, -0.2) is 18.0 Å². The summed E-state index contributed by atoms with van der Waals surface area (Å²) in [5.41, 5.74) is 3.06. The number of quaternary nitrogens is 1. The number of hydrogen-bond donors (Lipinski definition) is 1. The van der Waals surface area contributed by atoms with E-state index in [4.69, 9.17) is 9.88 Å². The summed E-state index contributed by atoms with van der Waals surface area (Å²) in [6, 6.07) is 14.4. The van der Waals surface area contributed by atoms with Crippen molar-refractivity contribution in [2.45, 2.75) is 11.8 Å². The van der Waals surface area contributed by atoms with Gasteiger partial charge >= 0.3 is 0 Å². The Morgan fingerprint density at radius 3 is 1.92 bits per heavy atom. The fourth-order valence-corrected chi connectivity index (χ4v) is 3.34. The molecule has 0 saturated carbocycles. The van der Waals surface area contributed by atoms with Crippen LogP contribution in [0.25, 0.3) is 0 Å². The second-order valence-electron chi connectivity index (χ2n) is 5.70. The average molecular weight is 343 g/mol. The van der Waals surface area contributed by atoms with E-state index in [0.717, 1.165) is 22.7 Å². The summed E-state index contributed by atoms with van der Waals surface area (Å²) in [7, 11) is -2.07. The Morgan fingerprint density at radius 2 is 1.50 bits per heavy atom. The topological polar surface area (TPSA) is 69.4 Å². The number of sulfonamides is 1. The highest BCUT2D eigenvalue weighted by molar-refractivity contribution is 7.89. The smallest absolute Gasteiger partial charge is 0.238 e. The summed E-state index contributed by atoms with van der Waals surface area (Å²) in [4.78, 5) is 0.100. The standard InChI is InChI=1S/C18H19N2O3S/c1-14-11-12-20(13-14,15-3-7-17(23-2)8-4-15)16-5-9-18(10-6-16)24(19,21)22/h3-13H,1-2H3,(H2,19,21,22)/q+1. The molecule has 1 unspecified atom stereocenters. The molecule has 0 spiro atoms. The molecule has 0 aliphatic carbocycles. The first-order valence-electron chi connectivity index (χ1n) is 7.40. The molecule has 124 valence electrons. The highest BCUT2D eigenvalue weighted by Gasteiger charge is 2.33. The lowest BCUT2D eigenvalue weighted by Gasteiger charge is -2.28. The summed E-state index contributed by atoms with van der Waals surface area (Å²) in [6.07, 6.45) is 6.20. The zero-order chi connectivity index (χ0) is 17.4. The number of methoxy groups -OCH3 is 1. The van der Waals surface area contributed by atoms with Crippen LogP contribution in [0.4, 0.5) is 11.4 Å². The summed E-state index contributed by atoms with van der Waals surface area (Å²) in [6.45, 7) is 2.03. The quantitative estimate of drug-likeness (QED) is 0.865. The summed E-state index contributed by atoms with van der Waals surface area (Å²) in [5.74, 6) is 0.783. The third kappa shape index (κ3) is 2.87. The average Bonchev–Trinajstić information content (AvgIpc) is 2.97. The molecule has 0 fully saturated rings. The highest BCUT2D eigenvalue weighted by atomic mass is 32.2. The molecule has 1 heterocycles. The van der Waals surface area contributed by atoms with Crippen molar-refractivity contribution in [3.63, 3.8) is 0 Å². The maximum absolute atomic E-state index is 11.5. The molecular weight excluding hydrogens is 324 g/mol. The summed E-state index contributed by atoms with van der Waals surface area (Å²) in [5, 5.41) is 5.19. The number of nitrogens with zero attached hydrogens (tertiary/aromatic N) is 1. The van der Waals surface area contributed by atoms with Gasteiger partial charge in [-0.15, -0.1) is 0 Å². The van der Waals surface area contributed by atoms with Gasteiger partial charge in [0.2, 0.25) is 10.0 Å². The second kappa shape index (κ2) is 5.90. The number of ether oxygens (including phenoxy) is 1. The van der Waals surface area contributed by atoms with Crippen molar-refractivity contribution in [1.29, 1.82) is 0 Å². The van der Waals surface area contributed by atoms with E-state index in [9.17, 15) is 8.42 Å². The van der Waals surface area contributed by atoms with Gasteiger partial charge in [-0.05, 0) is 31.2 Å². The van der Waals surface area contributed by atoms with Crippen molar-refractivity contribution in [2.75, 3.05) is 7.11 Å². The van der Waals surface area contributed by atoms with Crippen molar-refractivity contribution >= 4 is 21.4 Å². The van der Waals surface area contributed by atoms with Crippen molar-refractivity contribution in [1.82, 2.24) is 4.48 Å². The van der Waals surface area contributed by atoms with E-state index in [-0.39, 0.29) is 4.90 Å². The van der Waals surface area contributed by atoms with Crippen LogP contribution in [0.5, 0.6) is 5.75 Å². The molecule has 2 N–H and O–H groups in total. The number of allylic oxidation sites excluding steroid dienone is 2. The molecule has 3 rings (SSSR count). The Hall–Kier alpha value is -2.41. The minimum Gasteiger partial charge on any atom is -0.497 e. The highest BCUT2D eigenvalue weighted by Crippen LogP contribution is 2.40. The third-order valence-electron chi connectivity index (χ3n) is 4.07. The summed E-state index contributed by atoms with van der Waals surface area (Å²) < 4.78 is 28.5. The minimum atomic E-state index is -3.70. The molecule has 0 amide bonds. The van der Waals surface area contributed by atoms with Crippen LogP contribution in [0.3, 0.4) is 0 Å². The van der Waals surface area contributed by atoms with Crippen molar-refractivity contribution in [2.24, 2.45) is 5.14 Å². The number of benzene rings is 2. The van der Waals surface area contributed by atoms with Gasteiger partial charge in [0.15, 0.2) is 0 Å². The largest absolute Gasteiger partial charge is 0.497 e. The van der Waals surface area contributed by atoms with Crippen LogP contribution in [-0.4, -0.2) is 15.5 Å². The van der Waals surface area contributed by atoms with Crippen LogP contribution < -0.4 is 14.4 Å². The zero-order valence-electron chi connectivity index (χ0n) is 13.5. The maximum atomic E-state index is 11.5. The molecule has 24 heavy (non-hydrogen) atoms. The number of hydrogen-bond acceptors (Lipinski definition) is 3. The maximum Gasteiger partial charge on any atom is 0.238 e. The Kier molecular flexibility index (Phi) is 4.04. The lowest BCUT2D eigenvalue weighted by atomic mass is 10.2. The van der Waals surface area contributed by atoms with E-state index in [1.807, 2.05) is 37.3 Å². The van der Waals surface area contributed by atoms with Crippen LogP contribution in [0.15, 0.2) is 77.5 Å². The van der Waals surface area contributed by atoms with Crippen molar-refractivity contribution in [3.05, 3.63) is 72.6 Å². The minimum absolute atomic E-state index is 0.100. The molecule has 1 atom stereocenters. The number of primary sulfonamides is 1. The van der Waals surface area contributed by atoms with Crippen LogP contribution in [0.2, 0.25) is 0 Å². The number of rotatable bonds is 4. The van der Waals surface area contributed by atoms with Gasteiger partial charge in [-0.1, -0.05) is 0 Å². The van der Waals surface area contributed by atoms with Crippen LogP contribution >= 0.6 is 0 Å². The molecule has 0 aromatic heterocycles. The molecule has 1 aliphatic heterocycles. The van der Waals surface area contributed by atoms with Crippen LogP contribution in [0, 0.1) is 0 Å². The van der Waals surface area contributed by atoms with E-state index < -0.39 is 10.0 Å². The molecule has 2 aromatic rings. The zero-order valence-corrected chi connectivity index (χ0v) is 14.3. The Bertz CT molecular complexity index is 914. The van der Waals surface area contributed by atoms with Gasteiger partial charge < -0.3 is 4.74 Å². The normalized spacial score (nSPS) is 20.0. The van der Waals surface area contributed by atoms with E-state index in [2.05, 4.69) is 12.4 Å². The fourth-order valence-electron chi connectivity index (χ4n) is 2.82. The molecule has 1 aliphatic rings. The van der Waals surface area contributed by atoms with Crippen LogP contribution in [0.1, 0.15) is 6.92 Å². The Morgan fingerprint density at radius 1 is 0.958 bits per heavy atom. The first-order valence-corrected chi connectivity index (χ1v) is 8.95. The van der Waals surface area contributed by atoms with Crippen molar-refractivity contribution in [3.8, 4) is 5.75 Å². The lowest BCUT2D eigenvalue weighted by Crippen LogP contribution is -2.30. The first kappa shape index (κ1) is 16.4. The molecule has 0 saturated heterocycles.